The number of methoxy groups -OCH3 is 1. The minimum absolute atomic E-state index is 0.0185. The second-order valence-corrected chi connectivity index (χ2v) is 5.60. The first-order valence-corrected chi connectivity index (χ1v) is 7.81. The highest BCUT2D eigenvalue weighted by atomic mass is 32.1. The van der Waals surface area contributed by atoms with Crippen molar-refractivity contribution in [3.8, 4) is 17.6 Å². The van der Waals surface area contributed by atoms with Gasteiger partial charge in [0.1, 0.15) is 17.7 Å². The van der Waals surface area contributed by atoms with Crippen LogP contribution in [0.4, 0.5) is 5.69 Å². The van der Waals surface area contributed by atoms with Gasteiger partial charge in [-0.1, -0.05) is 18.3 Å². The summed E-state index contributed by atoms with van der Waals surface area (Å²) in [7, 11) is 1.50. The summed E-state index contributed by atoms with van der Waals surface area (Å²) < 4.78 is 11.0. The predicted octanol–water partition coefficient (Wildman–Crippen LogP) is 3.38. The Labute approximate surface area is 155 Å². The van der Waals surface area contributed by atoms with Gasteiger partial charge >= 0.3 is 0 Å². The largest absolute Gasteiger partial charge is 0.493 e. The number of hydrogen-bond donors (Lipinski definition) is 1. The van der Waals surface area contributed by atoms with Crippen molar-refractivity contribution in [2.24, 2.45) is 5.73 Å². The van der Waals surface area contributed by atoms with Crippen molar-refractivity contribution in [1.29, 1.82) is 5.26 Å². The Morgan fingerprint density at radius 3 is 2.54 bits per heavy atom. The summed E-state index contributed by atoms with van der Waals surface area (Å²) in [6.45, 7) is 0.222. The molecule has 132 valence electrons. The average molecular weight is 369 g/mol. The van der Waals surface area contributed by atoms with Crippen LogP contribution in [0.15, 0.2) is 48.0 Å². The minimum atomic E-state index is -0.456. The van der Waals surface area contributed by atoms with E-state index in [0.29, 0.717) is 17.1 Å². The Morgan fingerprint density at radius 2 is 2.00 bits per heavy atom. The fraction of sp³-hybridized carbons (Fsp3) is 0.111. The second-order valence-electron chi connectivity index (χ2n) is 5.16. The van der Waals surface area contributed by atoms with Crippen molar-refractivity contribution in [3.63, 3.8) is 0 Å². The molecule has 26 heavy (non-hydrogen) atoms. The van der Waals surface area contributed by atoms with Crippen molar-refractivity contribution in [1.82, 2.24) is 0 Å². The number of ether oxygens (including phenoxy) is 2. The number of non-ortho nitro benzene ring substituents is 1. The first-order chi connectivity index (χ1) is 12.4. The molecular weight excluding hydrogens is 354 g/mol. The van der Waals surface area contributed by atoms with Gasteiger partial charge in [0, 0.05) is 12.1 Å². The predicted molar refractivity (Wildman–Crippen MR) is 101 cm³/mol. The first-order valence-electron chi connectivity index (χ1n) is 7.40. The fourth-order valence-electron chi connectivity index (χ4n) is 2.09. The number of benzene rings is 2. The molecule has 0 aliphatic rings. The first kappa shape index (κ1) is 18.9. The van der Waals surface area contributed by atoms with Gasteiger partial charge in [0.2, 0.25) is 0 Å². The van der Waals surface area contributed by atoms with E-state index in [2.05, 4.69) is 0 Å². The van der Waals surface area contributed by atoms with Crippen LogP contribution in [0.2, 0.25) is 0 Å². The minimum Gasteiger partial charge on any atom is -0.493 e. The molecule has 0 saturated carbocycles. The Hall–Kier alpha value is -3.44. The smallest absolute Gasteiger partial charge is 0.269 e. The molecule has 0 aromatic heterocycles. The van der Waals surface area contributed by atoms with Crippen molar-refractivity contribution < 1.29 is 14.4 Å². The van der Waals surface area contributed by atoms with Gasteiger partial charge in [-0.3, -0.25) is 10.1 Å². The quantitative estimate of drug-likeness (QED) is 0.262. The Bertz CT molecular complexity index is 902. The highest BCUT2D eigenvalue weighted by molar-refractivity contribution is 7.80. The molecule has 0 fully saturated rings. The topological polar surface area (TPSA) is 111 Å². The molecule has 7 nitrogen and oxygen atoms in total. The number of nitriles is 1. The van der Waals surface area contributed by atoms with Crippen LogP contribution in [0.3, 0.4) is 0 Å². The van der Waals surface area contributed by atoms with E-state index in [-0.39, 0.29) is 22.9 Å². The second kappa shape index (κ2) is 8.60. The maximum atomic E-state index is 10.7. The molecule has 2 aromatic rings. The van der Waals surface area contributed by atoms with Gasteiger partial charge in [0.15, 0.2) is 11.5 Å². The van der Waals surface area contributed by atoms with E-state index in [1.807, 2.05) is 6.07 Å². The van der Waals surface area contributed by atoms with Crippen LogP contribution in [0.25, 0.3) is 6.08 Å². The van der Waals surface area contributed by atoms with Crippen LogP contribution in [-0.2, 0) is 6.61 Å². The molecular formula is C18H15N3O4S. The third-order valence-corrected chi connectivity index (χ3v) is 3.65. The summed E-state index contributed by atoms with van der Waals surface area (Å²) in [6, 6.07) is 13.2. The maximum absolute atomic E-state index is 10.7. The van der Waals surface area contributed by atoms with Crippen LogP contribution >= 0.6 is 12.2 Å². The summed E-state index contributed by atoms with van der Waals surface area (Å²) in [4.78, 5) is 10.2. The number of nitrogens with zero attached hydrogens (tertiary/aromatic N) is 2. The lowest BCUT2D eigenvalue weighted by molar-refractivity contribution is -0.384. The normalized spacial score (nSPS) is 10.7. The van der Waals surface area contributed by atoms with Gasteiger partial charge in [-0.05, 0) is 41.5 Å². The van der Waals surface area contributed by atoms with Gasteiger partial charge in [0.05, 0.1) is 17.6 Å². The molecule has 0 radical (unpaired) electrons. The van der Waals surface area contributed by atoms with Crippen LogP contribution in [-0.4, -0.2) is 17.0 Å². The summed E-state index contributed by atoms with van der Waals surface area (Å²) in [5.41, 5.74) is 7.17. The van der Waals surface area contributed by atoms with E-state index in [4.69, 9.17) is 32.7 Å². The summed E-state index contributed by atoms with van der Waals surface area (Å²) >= 11 is 4.81. The van der Waals surface area contributed by atoms with Crippen molar-refractivity contribution >= 4 is 29.0 Å². The number of nitro benzene ring substituents is 1. The van der Waals surface area contributed by atoms with Gasteiger partial charge < -0.3 is 15.2 Å². The highest BCUT2D eigenvalue weighted by Crippen LogP contribution is 2.30. The van der Waals surface area contributed by atoms with Crippen LogP contribution < -0.4 is 15.2 Å². The Kier molecular flexibility index (Phi) is 6.25. The summed E-state index contributed by atoms with van der Waals surface area (Å²) in [5, 5.41) is 19.7. The monoisotopic (exact) mass is 369 g/mol. The molecule has 0 aliphatic heterocycles. The van der Waals surface area contributed by atoms with Gasteiger partial charge in [-0.2, -0.15) is 5.26 Å². The number of nitrogens with two attached hydrogens (primary N) is 1. The third kappa shape index (κ3) is 4.78. The zero-order valence-corrected chi connectivity index (χ0v) is 14.7. The number of rotatable bonds is 7. The molecule has 0 saturated heterocycles. The lowest BCUT2D eigenvalue weighted by Crippen LogP contribution is -2.09. The fourth-order valence-corrected chi connectivity index (χ4v) is 2.20. The molecule has 0 aliphatic carbocycles. The molecule has 8 heteroatoms. The van der Waals surface area contributed by atoms with Crippen LogP contribution in [0, 0.1) is 21.4 Å². The SMILES string of the molecule is COc1cc(/C=C(/C#N)C(N)=S)ccc1OCc1ccc([N+](=O)[O-])cc1. The van der Waals surface area contributed by atoms with E-state index in [1.165, 1.54) is 19.2 Å². The zero-order valence-electron chi connectivity index (χ0n) is 13.8. The maximum Gasteiger partial charge on any atom is 0.269 e. The molecule has 0 unspecified atom stereocenters. The average Bonchev–Trinajstić information content (AvgIpc) is 2.64. The van der Waals surface area contributed by atoms with Crippen molar-refractivity contribution in [2.45, 2.75) is 6.61 Å². The lowest BCUT2D eigenvalue weighted by atomic mass is 10.1. The molecule has 0 heterocycles. The van der Waals surface area contributed by atoms with Gasteiger partial charge in [-0.25, -0.2) is 0 Å². The lowest BCUT2D eigenvalue weighted by Gasteiger charge is -2.11. The van der Waals surface area contributed by atoms with E-state index >= 15 is 0 Å². The molecule has 0 bridgehead atoms. The molecule has 0 amide bonds. The van der Waals surface area contributed by atoms with Gasteiger partial charge in [0.25, 0.3) is 5.69 Å². The zero-order chi connectivity index (χ0) is 19.1. The summed E-state index contributed by atoms with van der Waals surface area (Å²) in [5.74, 6) is 0.970. The Balaban J connectivity index is 2.16. The van der Waals surface area contributed by atoms with E-state index in [9.17, 15) is 10.1 Å². The molecule has 2 aromatic carbocycles. The van der Waals surface area contributed by atoms with Gasteiger partial charge in [-0.15, -0.1) is 0 Å². The van der Waals surface area contributed by atoms with Crippen molar-refractivity contribution in [3.05, 3.63) is 69.3 Å². The van der Waals surface area contributed by atoms with E-state index in [0.717, 1.165) is 5.56 Å². The molecule has 0 spiro atoms. The number of thiocarbonyl (C=S) groups is 1. The van der Waals surface area contributed by atoms with Crippen LogP contribution in [0.1, 0.15) is 11.1 Å². The number of hydrogen-bond acceptors (Lipinski definition) is 6. The third-order valence-electron chi connectivity index (χ3n) is 3.43. The number of nitro groups is 1. The molecule has 2 N–H and O–H groups in total. The van der Waals surface area contributed by atoms with Crippen molar-refractivity contribution in [2.75, 3.05) is 7.11 Å². The Morgan fingerprint density at radius 1 is 1.31 bits per heavy atom. The molecule has 2 rings (SSSR count). The summed E-state index contributed by atoms with van der Waals surface area (Å²) in [6.07, 6.45) is 1.56. The highest BCUT2D eigenvalue weighted by Gasteiger charge is 2.08. The van der Waals surface area contributed by atoms with E-state index in [1.54, 1.807) is 36.4 Å². The van der Waals surface area contributed by atoms with Crippen LogP contribution in [0.5, 0.6) is 11.5 Å². The van der Waals surface area contributed by atoms with E-state index < -0.39 is 4.92 Å². The molecule has 0 atom stereocenters. The standard InChI is InChI=1S/C18H15N3O4S/c1-24-17-9-13(8-14(10-19)18(20)26)4-7-16(17)25-11-12-2-5-15(6-3-12)21(22)23/h2-9H,11H2,1H3,(H2,20,26)/b14-8-.